The first-order chi connectivity index (χ1) is 12.0. The Balaban J connectivity index is 1.78. The number of thiazole rings is 1. The van der Waals surface area contributed by atoms with Crippen molar-refractivity contribution in [1.82, 2.24) is 9.97 Å². The molecule has 0 aliphatic rings. The van der Waals surface area contributed by atoms with E-state index < -0.39 is 0 Å². The highest BCUT2D eigenvalue weighted by atomic mass is 35.5. The number of anilines is 1. The normalized spacial score (nSPS) is 12.2. The fourth-order valence-electron chi connectivity index (χ4n) is 2.68. The van der Waals surface area contributed by atoms with Crippen LogP contribution < -0.4 is 5.32 Å². The molecule has 2 heterocycles. The van der Waals surface area contributed by atoms with Crippen molar-refractivity contribution in [2.45, 2.75) is 19.8 Å². The molecule has 0 aliphatic heterocycles. The third-order valence-corrected chi connectivity index (χ3v) is 4.90. The van der Waals surface area contributed by atoms with Crippen LogP contribution in [-0.2, 0) is 4.79 Å². The van der Waals surface area contributed by atoms with Gasteiger partial charge in [-0.15, -0.1) is 11.3 Å². The van der Waals surface area contributed by atoms with Gasteiger partial charge in [0.1, 0.15) is 0 Å². The smallest absolute Gasteiger partial charge is 0.233 e. The third-order valence-electron chi connectivity index (χ3n) is 3.89. The molecule has 6 heteroatoms. The topological polar surface area (TPSA) is 54.9 Å². The van der Waals surface area contributed by atoms with Crippen molar-refractivity contribution in [3.63, 3.8) is 0 Å². The van der Waals surface area contributed by atoms with Crippen LogP contribution in [0.15, 0.2) is 54.2 Å². The number of nitrogens with zero attached hydrogens (tertiary/aromatic N) is 2. The van der Waals surface area contributed by atoms with Gasteiger partial charge in [-0.05, 0) is 35.7 Å². The Morgan fingerprint density at radius 3 is 2.44 bits per heavy atom. The van der Waals surface area contributed by atoms with Crippen LogP contribution in [0.2, 0.25) is 5.02 Å². The second-order valence-corrected chi connectivity index (χ2v) is 7.33. The number of amides is 1. The SMILES string of the molecule is CC(C)[C@@H](C(=O)Nc1nc(-c2ccncc2)cs1)c1ccc(Cl)cc1. The van der Waals surface area contributed by atoms with Crippen LogP contribution in [0.25, 0.3) is 11.3 Å². The van der Waals surface area contributed by atoms with Gasteiger partial charge in [-0.1, -0.05) is 37.6 Å². The minimum Gasteiger partial charge on any atom is -0.301 e. The summed E-state index contributed by atoms with van der Waals surface area (Å²) in [6, 6.07) is 11.2. The summed E-state index contributed by atoms with van der Waals surface area (Å²) in [7, 11) is 0. The van der Waals surface area contributed by atoms with Gasteiger partial charge in [0.15, 0.2) is 5.13 Å². The van der Waals surface area contributed by atoms with E-state index in [4.69, 9.17) is 11.6 Å². The van der Waals surface area contributed by atoms with Crippen molar-refractivity contribution < 1.29 is 4.79 Å². The molecule has 1 atom stereocenters. The first kappa shape index (κ1) is 17.6. The van der Waals surface area contributed by atoms with E-state index in [1.165, 1.54) is 11.3 Å². The first-order valence-electron chi connectivity index (χ1n) is 7.97. The summed E-state index contributed by atoms with van der Waals surface area (Å²) < 4.78 is 0. The second kappa shape index (κ2) is 7.76. The number of aromatic nitrogens is 2. The van der Waals surface area contributed by atoms with E-state index in [0.717, 1.165) is 16.8 Å². The van der Waals surface area contributed by atoms with Gasteiger partial charge in [0.05, 0.1) is 11.6 Å². The van der Waals surface area contributed by atoms with Gasteiger partial charge in [-0.3, -0.25) is 9.78 Å². The summed E-state index contributed by atoms with van der Waals surface area (Å²) >= 11 is 7.37. The Labute approximate surface area is 155 Å². The van der Waals surface area contributed by atoms with Crippen LogP contribution in [-0.4, -0.2) is 15.9 Å². The average Bonchev–Trinajstić information content (AvgIpc) is 3.06. The lowest BCUT2D eigenvalue weighted by molar-refractivity contribution is -0.118. The molecule has 1 aromatic carbocycles. The quantitative estimate of drug-likeness (QED) is 0.667. The number of nitrogens with one attached hydrogen (secondary N) is 1. The number of pyridine rings is 1. The van der Waals surface area contributed by atoms with Crippen LogP contribution >= 0.6 is 22.9 Å². The van der Waals surface area contributed by atoms with Crippen LogP contribution in [0.1, 0.15) is 25.3 Å². The molecule has 25 heavy (non-hydrogen) atoms. The molecule has 2 aromatic heterocycles. The second-order valence-electron chi connectivity index (χ2n) is 6.04. The van der Waals surface area contributed by atoms with E-state index in [2.05, 4.69) is 15.3 Å². The summed E-state index contributed by atoms with van der Waals surface area (Å²) in [4.78, 5) is 21.3. The van der Waals surface area contributed by atoms with Crippen LogP contribution in [0.3, 0.4) is 0 Å². The van der Waals surface area contributed by atoms with Crippen molar-refractivity contribution >= 4 is 34.0 Å². The van der Waals surface area contributed by atoms with Gasteiger partial charge in [0.2, 0.25) is 5.91 Å². The molecule has 3 aromatic rings. The molecule has 0 saturated heterocycles. The van der Waals surface area contributed by atoms with Crippen LogP contribution in [0.5, 0.6) is 0 Å². The van der Waals surface area contributed by atoms with E-state index in [0.29, 0.717) is 10.2 Å². The summed E-state index contributed by atoms with van der Waals surface area (Å²) in [5, 5.41) is 6.13. The molecule has 1 N–H and O–H groups in total. The molecule has 0 spiro atoms. The van der Waals surface area contributed by atoms with Crippen LogP contribution in [0.4, 0.5) is 5.13 Å². The van der Waals surface area contributed by atoms with E-state index in [-0.39, 0.29) is 17.7 Å². The molecular formula is C19H18ClN3OS. The average molecular weight is 372 g/mol. The number of carbonyl (C=O) groups is 1. The van der Waals surface area contributed by atoms with Crippen LogP contribution in [0, 0.1) is 5.92 Å². The number of hydrogen-bond acceptors (Lipinski definition) is 4. The molecule has 1 amide bonds. The lowest BCUT2D eigenvalue weighted by Gasteiger charge is -2.20. The number of rotatable bonds is 5. The minimum atomic E-state index is -0.259. The van der Waals surface area contributed by atoms with Gasteiger partial charge in [-0.2, -0.15) is 0 Å². The van der Waals surface area contributed by atoms with Crippen molar-refractivity contribution in [2.75, 3.05) is 5.32 Å². The van der Waals surface area contributed by atoms with E-state index in [9.17, 15) is 4.79 Å². The first-order valence-corrected chi connectivity index (χ1v) is 9.22. The summed E-state index contributed by atoms with van der Waals surface area (Å²) in [5.74, 6) is -0.167. The molecule has 0 unspecified atom stereocenters. The molecule has 0 aliphatic carbocycles. The standard InChI is InChI=1S/C19H18ClN3OS/c1-12(2)17(14-3-5-15(20)6-4-14)18(24)23-19-22-16(11-25-19)13-7-9-21-10-8-13/h3-12,17H,1-2H3,(H,22,23,24)/t17-/m1/s1. The molecule has 0 fully saturated rings. The number of carbonyl (C=O) groups excluding carboxylic acids is 1. The maximum atomic E-state index is 12.8. The predicted molar refractivity (Wildman–Crippen MR) is 103 cm³/mol. The number of hydrogen-bond donors (Lipinski definition) is 1. The van der Waals surface area contributed by atoms with E-state index in [1.807, 2.05) is 55.6 Å². The fourth-order valence-corrected chi connectivity index (χ4v) is 3.53. The maximum Gasteiger partial charge on any atom is 0.233 e. The van der Waals surface area contributed by atoms with Gasteiger partial charge in [0.25, 0.3) is 0 Å². The monoisotopic (exact) mass is 371 g/mol. The summed E-state index contributed by atoms with van der Waals surface area (Å²) in [6.45, 7) is 4.06. The van der Waals surface area contributed by atoms with Crippen molar-refractivity contribution in [3.8, 4) is 11.3 Å². The largest absolute Gasteiger partial charge is 0.301 e. The lowest BCUT2D eigenvalue weighted by Crippen LogP contribution is -2.25. The Morgan fingerprint density at radius 1 is 1.12 bits per heavy atom. The van der Waals surface area contributed by atoms with Gasteiger partial charge < -0.3 is 5.32 Å². The van der Waals surface area contributed by atoms with Gasteiger partial charge in [0, 0.05) is 28.4 Å². The fraction of sp³-hybridized carbons (Fsp3) is 0.211. The lowest BCUT2D eigenvalue weighted by atomic mass is 9.88. The molecule has 3 rings (SSSR count). The summed E-state index contributed by atoms with van der Waals surface area (Å²) in [6.07, 6.45) is 3.45. The van der Waals surface area contributed by atoms with Crippen molar-refractivity contribution in [1.29, 1.82) is 0 Å². The number of benzene rings is 1. The molecular weight excluding hydrogens is 354 g/mol. The molecule has 0 saturated carbocycles. The Bertz CT molecular complexity index is 847. The van der Waals surface area contributed by atoms with Crippen molar-refractivity contribution in [3.05, 3.63) is 64.8 Å². The molecule has 128 valence electrons. The van der Waals surface area contributed by atoms with Gasteiger partial charge in [-0.25, -0.2) is 4.98 Å². The number of halogens is 1. The third kappa shape index (κ3) is 4.24. The summed E-state index contributed by atoms with van der Waals surface area (Å²) in [5.41, 5.74) is 2.75. The van der Waals surface area contributed by atoms with Crippen molar-refractivity contribution in [2.24, 2.45) is 5.92 Å². The van der Waals surface area contributed by atoms with E-state index >= 15 is 0 Å². The highest BCUT2D eigenvalue weighted by Gasteiger charge is 2.25. The highest BCUT2D eigenvalue weighted by Crippen LogP contribution is 2.29. The zero-order valence-electron chi connectivity index (χ0n) is 13.9. The Kier molecular flexibility index (Phi) is 5.46. The maximum absolute atomic E-state index is 12.8. The van der Waals surface area contributed by atoms with E-state index in [1.54, 1.807) is 12.4 Å². The molecule has 0 bridgehead atoms. The van der Waals surface area contributed by atoms with Gasteiger partial charge >= 0.3 is 0 Å². The zero-order valence-corrected chi connectivity index (χ0v) is 15.5. The highest BCUT2D eigenvalue weighted by molar-refractivity contribution is 7.14. The Morgan fingerprint density at radius 2 is 1.80 bits per heavy atom. The Hall–Kier alpha value is -2.24. The predicted octanol–water partition coefficient (Wildman–Crippen LogP) is 5.24. The molecule has 4 nitrogen and oxygen atoms in total. The minimum absolute atomic E-state index is 0.0621. The zero-order chi connectivity index (χ0) is 17.8. The molecule has 0 radical (unpaired) electrons.